The van der Waals surface area contributed by atoms with Gasteiger partial charge in [-0.3, -0.25) is 14.2 Å². The highest BCUT2D eigenvalue weighted by Crippen LogP contribution is 2.29. The summed E-state index contributed by atoms with van der Waals surface area (Å²) in [5.74, 6) is 0.418. The maximum Gasteiger partial charge on any atom is 0.328 e. The fourth-order valence-corrected chi connectivity index (χ4v) is 4.28. The summed E-state index contributed by atoms with van der Waals surface area (Å²) in [4.78, 5) is 42.6. The molecule has 1 fully saturated rings. The van der Waals surface area contributed by atoms with Gasteiger partial charge >= 0.3 is 5.69 Å². The molecule has 30 heavy (non-hydrogen) atoms. The Bertz CT molecular complexity index is 957. The Hall–Kier alpha value is -2.41. The largest absolute Gasteiger partial charge is 0.355 e. The minimum Gasteiger partial charge on any atom is -0.355 e. The van der Waals surface area contributed by atoms with E-state index >= 15 is 0 Å². The quantitative estimate of drug-likeness (QED) is 0.659. The van der Waals surface area contributed by atoms with Crippen molar-refractivity contribution in [2.75, 3.05) is 26.7 Å². The number of unbranched alkanes of at least 4 members (excludes halogenated alkanes) is 1. The Kier molecular flexibility index (Phi) is 7.85. The molecule has 164 valence electrons. The molecular formula is C23H34N4O3. The van der Waals surface area contributed by atoms with E-state index in [1.807, 2.05) is 0 Å². The summed E-state index contributed by atoms with van der Waals surface area (Å²) in [5.41, 5.74) is -0.0170. The first-order valence-corrected chi connectivity index (χ1v) is 11.2. The fraction of sp³-hybridized carbons (Fsp3) is 0.609. The van der Waals surface area contributed by atoms with Crippen LogP contribution >= 0.6 is 0 Å². The molecule has 1 aliphatic carbocycles. The number of likely N-dealkylation sites (N-methyl/N-ethyl adjacent to an activating group) is 1. The third-order valence-electron chi connectivity index (χ3n) is 6.23. The lowest BCUT2D eigenvalue weighted by Crippen LogP contribution is -2.40. The van der Waals surface area contributed by atoms with Crippen molar-refractivity contribution >= 4 is 16.8 Å². The van der Waals surface area contributed by atoms with Crippen molar-refractivity contribution in [1.82, 2.24) is 19.8 Å². The highest BCUT2D eigenvalue weighted by molar-refractivity contribution is 5.78. The van der Waals surface area contributed by atoms with E-state index < -0.39 is 0 Å². The monoisotopic (exact) mass is 414 g/mol. The second-order valence-electron chi connectivity index (χ2n) is 8.56. The first-order valence-electron chi connectivity index (χ1n) is 11.2. The van der Waals surface area contributed by atoms with E-state index in [0.717, 1.165) is 38.8 Å². The number of nitrogens with one attached hydrogen (secondary N) is 2. The van der Waals surface area contributed by atoms with Crippen LogP contribution in [0.25, 0.3) is 10.9 Å². The molecule has 0 spiro atoms. The normalized spacial score (nSPS) is 19.3. The lowest BCUT2D eigenvalue weighted by molar-refractivity contribution is -0.126. The Morgan fingerprint density at radius 3 is 2.63 bits per heavy atom. The second kappa shape index (κ2) is 10.6. The number of amides is 1. The average molecular weight is 415 g/mol. The van der Waals surface area contributed by atoms with Crippen molar-refractivity contribution in [3.05, 3.63) is 45.1 Å². The van der Waals surface area contributed by atoms with Gasteiger partial charge in [0.25, 0.3) is 5.56 Å². The number of hydrogen-bond acceptors (Lipinski definition) is 4. The number of para-hydroxylation sites is 1. The zero-order chi connectivity index (χ0) is 21.5. The van der Waals surface area contributed by atoms with Crippen LogP contribution in [0.3, 0.4) is 0 Å². The number of rotatable bonds is 9. The second-order valence-corrected chi connectivity index (χ2v) is 8.56. The molecule has 0 atom stereocenters. The number of aromatic nitrogens is 2. The third-order valence-corrected chi connectivity index (χ3v) is 6.23. The van der Waals surface area contributed by atoms with Gasteiger partial charge < -0.3 is 15.2 Å². The Labute approximate surface area is 177 Å². The molecule has 0 saturated heterocycles. The van der Waals surface area contributed by atoms with Crippen LogP contribution in [-0.4, -0.2) is 47.0 Å². The first-order chi connectivity index (χ1) is 14.5. The molecule has 0 aliphatic heterocycles. The van der Waals surface area contributed by atoms with E-state index in [1.54, 1.807) is 24.3 Å². The first kappa shape index (κ1) is 22.3. The van der Waals surface area contributed by atoms with Crippen LogP contribution in [0, 0.1) is 11.8 Å². The number of hydrogen-bond donors (Lipinski definition) is 2. The Morgan fingerprint density at radius 2 is 1.90 bits per heavy atom. The van der Waals surface area contributed by atoms with E-state index in [1.165, 1.54) is 17.4 Å². The van der Waals surface area contributed by atoms with Gasteiger partial charge in [-0.05, 0) is 63.7 Å². The lowest BCUT2D eigenvalue weighted by atomic mass is 9.81. The van der Waals surface area contributed by atoms with Crippen molar-refractivity contribution in [3.8, 4) is 0 Å². The number of benzene rings is 1. The minimum atomic E-state index is -0.356. The summed E-state index contributed by atoms with van der Waals surface area (Å²) >= 11 is 0. The van der Waals surface area contributed by atoms with Gasteiger partial charge in [0, 0.05) is 25.6 Å². The number of H-pyrrole nitrogens is 1. The van der Waals surface area contributed by atoms with E-state index in [4.69, 9.17) is 0 Å². The smallest absolute Gasteiger partial charge is 0.328 e. The van der Waals surface area contributed by atoms with Crippen molar-refractivity contribution in [2.45, 2.75) is 52.0 Å². The number of nitrogens with zero attached hydrogens (tertiary/aromatic N) is 2. The van der Waals surface area contributed by atoms with Crippen LogP contribution < -0.4 is 16.6 Å². The highest BCUT2D eigenvalue weighted by Gasteiger charge is 2.27. The minimum absolute atomic E-state index is 0.0359. The zero-order valence-electron chi connectivity index (χ0n) is 18.2. The van der Waals surface area contributed by atoms with Gasteiger partial charge in [0.1, 0.15) is 0 Å². The van der Waals surface area contributed by atoms with E-state index in [2.05, 4.69) is 29.2 Å². The average Bonchev–Trinajstić information content (AvgIpc) is 2.75. The molecule has 2 aromatic rings. The van der Waals surface area contributed by atoms with Gasteiger partial charge in [0.15, 0.2) is 0 Å². The molecule has 0 bridgehead atoms. The van der Waals surface area contributed by atoms with E-state index in [0.29, 0.717) is 24.0 Å². The maximum absolute atomic E-state index is 12.7. The molecule has 1 saturated carbocycles. The molecule has 3 rings (SSSR count). The molecule has 1 aromatic carbocycles. The van der Waals surface area contributed by atoms with Crippen LogP contribution in [0.4, 0.5) is 0 Å². The van der Waals surface area contributed by atoms with Gasteiger partial charge in [0.05, 0.1) is 10.9 Å². The van der Waals surface area contributed by atoms with Gasteiger partial charge in [-0.2, -0.15) is 0 Å². The number of fused-ring (bicyclic) bond motifs is 1. The molecule has 0 radical (unpaired) electrons. The lowest BCUT2D eigenvalue weighted by Gasteiger charge is -2.28. The molecule has 1 aromatic heterocycles. The molecule has 7 nitrogen and oxygen atoms in total. The molecule has 1 heterocycles. The zero-order valence-corrected chi connectivity index (χ0v) is 18.2. The molecule has 1 amide bonds. The molecule has 1 aliphatic rings. The Balaban J connectivity index is 1.49. The summed E-state index contributed by atoms with van der Waals surface area (Å²) in [6.45, 7) is 5.20. The van der Waals surface area contributed by atoms with Crippen LogP contribution in [0.1, 0.15) is 45.4 Å². The standard InChI is InChI=1S/C23H34N4O3/c1-3-4-14-26(2)15-13-24-21(28)18-11-9-17(10-12-18)16-27-22(29)19-7-5-6-8-20(19)25-23(27)30/h5-8,17-18H,3-4,9-16H2,1-2H3,(H,24,28)(H,25,30). The highest BCUT2D eigenvalue weighted by atomic mass is 16.2. The van der Waals surface area contributed by atoms with Gasteiger partial charge in [-0.15, -0.1) is 0 Å². The van der Waals surface area contributed by atoms with Crippen molar-refractivity contribution in [1.29, 1.82) is 0 Å². The SMILES string of the molecule is CCCCN(C)CCNC(=O)C1CCC(Cn2c(=O)[nH]c3ccccc3c2=O)CC1. The third kappa shape index (κ3) is 5.59. The fourth-order valence-electron chi connectivity index (χ4n) is 4.28. The van der Waals surface area contributed by atoms with Crippen molar-refractivity contribution in [3.63, 3.8) is 0 Å². The number of carbonyl (C=O) groups is 1. The van der Waals surface area contributed by atoms with Crippen LogP contribution in [-0.2, 0) is 11.3 Å². The summed E-state index contributed by atoms with van der Waals surface area (Å²) in [6, 6.07) is 7.09. The van der Waals surface area contributed by atoms with Gasteiger partial charge in [0.2, 0.25) is 5.91 Å². The predicted octanol–water partition coefficient (Wildman–Crippen LogP) is 2.34. The Morgan fingerprint density at radius 1 is 1.17 bits per heavy atom. The molecule has 7 heteroatoms. The number of aromatic amines is 1. The number of carbonyl (C=O) groups excluding carboxylic acids is 1. The van der Waals surface area contributed by atoms with Gasteiger partial charge in [-0.1, -0.05) is 25.5 Å². The molecule has 0 unspecified atom stereocenters. The van der Waals surface area contributed by atoms with Crippen molar-refractivity contribution in [2.24, 2.45) is 11.8 Å². The summed E-state index contributed by atoms with van der Waals surface area (Å²) in [7, 11) is 2.09. The molecular weight excluding hydrogens is 380 g/mol. The maximum atomic E-state index is 12.7. The van der Waals surface area contributed by atoms with Gasteiger partial charge in [-0.25, -0.2) is 4.79 Å². The topological polar surface area (TPSA) is 87.2 Å². The predicted molar refractivity (Wildman–Crippen MR) is 120 cm³/mol. The summed E-state index contributed by atoms with van der Waals surface area (Å²) in [5, 5.41) is 3.61. The van der Waals surface area contributed by atoms with E-state index in [9.17, 15) is 14.4 Å². The van der Waals surface area contributed by atoms with Crippen molar-refractivity contribution < 1.29 is 4.79 Å². The summed E-state index contributed by atoms with van der Waals surface area (Å²) < 4.78 is 1.32. The van der Waals surface area contributed by atoms with E-state index in [-0.39, 0.29) is 29.0 Å². The van der Waals surface area contributed by atoms with Crippen LogP contribution in [0.5, 0.6) is 0 Å². The summed E-state index contributed by atoms with van der Waals surface area (Å²) in [6.07, 6.45) is 5.68. The van der Waals surface area contributed by atoms with Crippen LogP contribution in [0.15, 0.2) is 33.9 Å². The molecule has 2 N–H and O–H groups in total. The van der Waals surface area contributed by atoms with Crippen LogP contribution in [0.2, 0.25) is 0 Å².